The molecule has 1 atom stereocenters. The number of nitrogens with zero attached hydrogens (tertiary/aromatic N) is 2. The van der Waals surface area contributed by atoms with Crippen molar-refractivity contribution in [3.8, 4) is 0 Å². The van der Waals surface area contributed by atoms with Gasteiger partial charge in [0.15, 0.2) is 5.96 Å². The van der Waals surface area contributed by atoms with Crippen molar-refractivity contribution < 1.29 is 4.79 Å². The van der Waals surface area contributed by atoms with Crippen molar-refractivity contribution in [1.82, 2.24) is 15.5 Å². The molecule has 1 amide bonds. The van der Waals surface area contributed by atoms with Gasteiger partial charge in [-0.1, -0.05) is 42.5 Å². The lowest BCUT2D eigenvalue weighted by Gasteiger charge is -2.18. The zero-order chi connectivity index (χ0) is 18.9. The van der Waals surface area contributed by atoms with Crippen LogP contribution in [0.25, 0.3) is 0 Å². The zero-order valence-corrected chi connectivity index (χ0v) is 16.0. The predicted molar refractivity (Wildman–Crippen MR) is 108 cm³/mol. The van der Waals surface area contributed by atoms with Gasteiger partial charge in [-0.05, 0) is 36.6 Å². The number of hydrogen-bond donors (Lipinski definition) is 2. The molecule has 0 saturated heterocycles. The van der Waals surface area contributed by atoms with Crippen molar-refractivity contribution in [3.05, 3.63) is 71.3 Å². The van der Waals surface area contributed by atoms with Gasteiger partial charge < -0.3 is 15.5 Å². The molecule has 0 heterocycles. The molecule has 2 N–H and O–H groups in total. The van der Waals surface area contributed by atoms with E-state index in [9.17, 15) is 4.79 Å². The smallest absolute Gasteiger partial charge is 0.253 e. The minimum atomic E-state index is 0.0222. The first kappa shape index (κ1) is 19.5. The van der Waals surface area contributed by atoms with Crippen molar-refractivity contribution in [3.63, 3.8) is 0 Å². The average molecular weight is 352 g/mol. The summed E-state index contributed by atoms with van der Waals surface area (Å²) in [5, 5.41) is 6.73. The fraction of sp³-hybridized carbons (Fsp3) is 0.333. The van der Waals surface area contributed by atoms with E-state index in [0.717, 1.165) is 24.5 Å². The molecule has 0 saturated carbocycles. The Morgan fingerprint density at radius 1 is 1.12 bits per heavy atom. The van der Waals surface area contributed by atoms with Crippen molar-refractivity contribution >= 4 is 11.9 Å². The SMILES string of the molecule is CN=C(NCCc1cccc(C(=O)N(C)C)c1)NC(C)c1ccccc1. The normalized spacial score (nSPS) is 12.4. The highest BCUT2D eigenvalue weighted by atomic mass is 16.2. The molecule has 2 rings (SSSR count). The summed E-state index contributed by atoms with van der Waals surface area (Å²) in [5.41, 5.74) is 3.05. The molecule has 0 aliphatic heterocycles. The van der Waals surface area contributed by atoms with Gasteiger partial charge in [0.2, 0.25) is 0 Å². The number of nitrogens with one attached hydrogen (secondary N) is 2. The lowest BCUT2D eigenvalue weighted by molar-refractivity contribution is 0.0827. The zero-order valence-electron chi connectivity index (χ0n) is 16.0. The summed E-state index contributed by atoms with van der Waals surface area (Å²) in [6.45, 7) is 2.85. The van der Waals surface area contributed by atoms with E-state index in [1.165, 1.54) is 5.56 Å². The third-order valence-corrected chi connectivity index (χ3v) is 4.16. The minimum Gasteiger partial charge on any atom is -0.356 e. The Morgan fingerprint density at radius 3 is 2.50 bits per heavy atom. The molecule has 0 aliphatic rings. The van der Waals surface area contributed by atoms with E-state index in [1.54, 1.807) is 26.0 Å². The van der Waals surface area contributed by atoms with Crippen molar-refractivity contribution in [2.45, 2.75) is 19.4 Å². The number of rotatable bonds is 6. The highest BCUT2D eigenvalue weighted by Crippen LogP contribution is 2.11. The van der Waals surface area contributed by atoms with Crippen LogP contribution in [0.15, 0.2) is 59.6 Å². The van der Waals surface area contributed by atoms with Crippen LogP contribution in [0.1, 0.15) is 34.5 Å². The van der Waals surface area contributed by atoms with Gasteiger partial charge in [0.05, 0.1) is 6.04 Å². The summed E-state index contributed by atoms with van der Waals surface area (Å²) >= 11 is 0. The average Bonchev–Trinajstić information content (AvgIpc) is 2.67. The minimum absolute atomic E-state index is 0.0222. The Kier molecular flexibility index (Phi) is 7.21. The third kappa shape index (κ3) is 5.62. The fourth-order valence-corrected chi connectivity index (χ4v) is 2.67. The molecule has 2 aromatic carbocycles. The Hall–Kier alpha value is -2.82. The van der Waals surface area contributed by atoms with Crippen LogP contribution in [0.4, 0.5) is 0 Å². The second-order valence-corrected chi connectivity index (χ2v) is 6.43. The predicted octanol–water partition coefficient (Wildman–Crippen LogP) is 2.86. The van der Waals surface area contributed by atoms with E-state index in [0.29, 0.717) is 5.56 Å². The summed E-state index contributed by atoms with van der Waals surface area (Å²) < 4.78 is 0. The Morgan fingerprint density at radius 2 is 1.85 bits per heavy atom. The standard InChI is InChI=1S/C21H28N4O/c1-16(18-10-6-5-7-11-18)24-21(22-2)23-14-13-17-9-8-12-19(15-17)20(26)25(3)4/h5-12,15-16H,13-14H2,1-4H3,(H2,22,23,24). The van der Waals surface area contributed by atoms with Crippen molar-refractivity contribution in [1.29, 1.82) is 0 Å². The van der Waals surface area contributed by atoms with Crippen LogP contribution in [0.5, 0.6) is 0 Å². The van der Waals surface area contributed by atoms with Crippen LogP contribution in [0.3, 0.4) is 0 Å². The molecular weight excluding hydrogens is 324 g/mol. The largest absolute Gasteiger partial charge is 0.356 e. The van der Waals surface area contributed by atoms with E-state index in [1.807, 2.05) is 42.5 Å². The number of carbonyl (C=O) groups excluding carboxylic acids is 1. The van der Waals surface area contributed by atoms with Crippen LogP contribution < -0.4 is 10.6 Å². The molecule has 0 aliphatic carbocycles. The summed E-state index contributed by atoms with van der Waals surface area (Å²) in [5.74, 6) is 0.788. The monoisotopic (exact) mass is 352 g/mol. The lowest BCUT2D eigenvalue weighted by Crippen LogP contribution is -2.39. The van der Waals surface area contributed by atoms with E-state index in [4.69, 9.17) is 0 Å². The van der Waals surface area contributed by atoms with Crippen molar-refractivity contribution in [2.24, 2.45) is 4.99 Å². The van der Waals surface area contributed by atoms with Gasteiger partial charge in [-0.2, -0.15) is 0 Å². The topological polar surface area (TPSA) is 56.7 Å². The van der Waals surface area contributed by atoms with Crippen LogP contribution in [-0.2, 0) is 6.42 Å². The first-order valence-corrected chi connectivity index (χ1v) is 8.84. The number of benzene rings is 2. The van der Waals surface area contributed by atoms with E-state index in [2.05, 4.69) is 34.7 Å². The summed E-state index contributed by atoms with van der Waals surface area (Å²) in [6, 6.07) is 18.2. The molecule has 0 fully saturated rings. The van der Waals surface area contributed by atoms with E-state index < -0.39 is 0 Å². The van der Waals surface area contributed by atoms with Crippen molar-refractivity contribution in [2.75, 3.05) is 27.7 Å². The van der Waals surface area contributed by atoms with Gasteiger partial charge in [0.1, 0.15) is 0 Å². The van der Waals surface area contributed by atoms with E-state index >= 15 is 0 Å². The van der Waals surface area contributed by atoms with Gasteiger partial charge in [0, 0.05) is 33.3 Å². The lowest BCUT2D eigenvalue weighted by atomic mass is 10.1. The molecule has 0 bridgehead atoms. The maximum absolute atomic E-state index is 12.1. The number of carbonyl (C=O) groups is 1. The Labute approximate surface area is 156 Å². The quantitative estimate of drug-likeness (QED) is 0.621. The van der Waals surface area contributed by atoms with E-state index in [-0.39, 0.29) is 11.9 Å². The van der Waals surface area contributed by atoms with Gasteiger partial charge in [-0.25, -0.2) is 0 Å². The molecule has 2 aromatic rings. The van der Waals surface area contributed by atoms with Crippen LogP contribution in [0.2, 0.25) is 0 Å². The maximum atomic E-state index is 12.1. The molecule has 5 nitrogen and oxygen atoms in total. The molecular formula is C21H28N4O. The number of hydrogen-bond acceptors (Lipinski definition) is 2. The molecule has 5 heteroatoms. The van der Waals surface area contributed by atoms with Crippen LogP contribution in [0, 0.1) is 0 Å². The maximum Gasteiger partial charge on any atom is 0.253 e. The van der Waals surface area contributed by atoms with Crippen LogP contribution >= 0.6 is 0 Å². The van der Waals surface area contributed by atoms with Gasteiger partial charge in [-0.15, -0.1) is 0 Å². The van der Waals surface area contributed by atoms with Crippen LogP contribution in [-0.4, -0.2) is 44.5 Å². The van der Waals surface area contributed by atoms with Gasteiger partial charge >= 0.3 is 0 Å². The highest BCUT2D eigenvalue weighted by Gasteiger charge is 2.09. The Bertz CT molecular complexity index is 741. The third-order valence-electron chi connectivity index (χ3n) is 4.16. The molecule has 0 radical (unpaired) electrons. The molecule has 0 aromatic heterocycles. The molecule has 26 heavy (non-hydrogen) atoms. The second-order valence-electron chi connectivity index (χ2n) is 6.43. The number of guanidine groups is 1. The summed E-state index contributed by atoms with van der Waals surface area (Å²) in [7, 11) is 5.30. The summed E-state index contributed by atoms with van der Waals surface area (Å²) in [6.07, 6.45) is 0.814. The molecule has 138 valence electrons. The fourth-order valence-electron chi connectivity index (χ4n) is 2.67. The first-order valence-electron chi connectivity index (χ1n) is 8.84. The highest BCUT2D eigenvalue weighted by molar-refractivity contribution is 5.94. The number of amides is 1. The molecule has 0 spiro atoms. The van der Waals surface area contributed by atoms with Gasteiger partial charge in [0.25, 0.3) is 5.91 Å². The number of aliphatic imine (C=N–C) groups is 1. The van der Waals surface area contributed by atoms with Gasteiger partial charge in [-0.3, -0.25) is 9.79 Å². The first-order chi connectivity index (χ1) is 12.5. The second kappa shape index (κ2) is 9.61. The summed E-state index contributed by atoms with van der Waals surface area (Å²) in [4.78, 5) is 17.9. The molecule has 1 unspecified atom stereocenters. The Balaban J connectivity index is 1.88.